The standard InChI is InChI=1S/C49H80N8O12/c1-14-28(7)40(54-46(65)38(25-34-18-20-35(60)21-19-34)56(13)48(67)42(29(8)15-2)57(26-58)33(12)59)49(68)69-32(11)41(47(66)53-37(24-27(5)6)45(64)51-31(10)17-4)55-44(63)36(22-23-39(50)61)52-43(62)30(9)16-3/h17-21,26-30,32-33,36-38,40-42,59-60H,14-16,22-25H2,1-13H3,(H2,50,61)(H,51,64)(H,52,62)(H,53,66)(H,54,65)(H,55,63)/b31-17+/t28?,29?,30?,32-,33+,36+,37+,38+,40+,41+,42+/m1/s1. The molecule has 0 radical (unpaired) electrons. The second-order valence-electron chi connectivity index (χ2n) is 18.4. The smallest absolute Gasteiger partial charge is 0.329 e. The van der Waals surface area contributed by atoms with Gasteiger partial charge in [-0.05, 0) is 82.4 Å². The number of hydrogen-bond acceptors (Lipinski definition) is 12. The number of carbonyl (C=O) groups excluding carboxylic acids is 9. The summed E-state index contributed by atoms with van der Waals surface area (Å²) >= 11 is 0. The Hall–Kier alpha value is -6.05. The van der Waals surface area contributed by atoms with Gasteiger partial charge in [-0.25, -0.2) is 4.79 Å². The Morgan fingerprint density at radius 1 is 0.754 bits per heavy atom. The number of carbonyl (C=O) groups is 9. The maximum absolute atomic E-state index is 14.6. The molecule has 0 spiro atoms. The van der Waals surface area contributed by atoms with Gasteiger partial charge >= 0.3 is 5.97 Å². The number of allylic oxidation sites excluding steroid dienone is 2. The normalized spacial score (nSPS) is 16.3. The minimum Gasteiger partial charge on any atom is -0.508 e. The molecule has 11 atom stereocenters. The first kappa shape index (κ1) is 61.0. The second-order valence-corrected chi connectivity index (χ2v) is 18.4. The average molecular weight is 973 g/mol. The number of aliphatic hydroxyl groups is 1. The molecule has 1 aromatic rings. The number of ether oxygens (including phenoxy) is 1. The van der Waals surface area contributed by atoms with Crippen molar-refractivity contribution < 1.29 is 58.1 Å². The van der Waals surface area contributed by atoms with E-state index >= 15 is 0 Å². The fraction of sp³-hybridized carbons (Fsp3) is 0.653. The van der Waals surface area contributed by atoms with E-state index in [2.05, 4.69) is 26.6 Å². The van der Waals surface area contributed by atoms with Gasteiger partial charge in [0.2, 0.25) is 47.8 Å². The van der Waals surface area contributed by atoms with Crippen molar-refractivity contribution in [3.05, 3.63) is 41.6 Å². The summed E-state index contributed by atoms with van der Waals surface area (Å²) in [6, 6.07) is -2.20. The van der Waals surface area contributed by atoms with Crippen LogP contribution in [0.3, 0.4) is 0 Å². The Morgan fingerprint density at radius 3 is 1.81 bits per heavy atom. The van der Waals surface area contributed by atoms with Crippen LogP contribution in [0, 0.1) is 23.7 Å². The number of benzene rings is 1. The second kappa shape index (κ2) is 29.8. The summed E-state index contributed by atoms with van der Waals surface area (Å²) in [7, 11) is 1.37. The molecule has 1 rings (SSSR count). The maximum Gasteiger partial charge on any atom is 0.329 e. The van der Waals surface area contributed by atoms with Crippen LogP contribution in [-0.2, 0) is 54.3 Å². The molecule has 0 bridgehead atoms. The molecular weight excluding hydrogens is 893 g/mol. The number of amides is 8. The highest BCUT2D eigenvalue weighted by atomic mass is 16.5. The molecule has 1 aromatic carbocycles. The van der Waals surface area contributed by atoms with E-state index in [0.29, 0.717) is 36.9 Å². The molecule has 0 aliphatic rings. The minimum atomic E-state index is -1.71. The van der Waals surface area contributed by atoms with E-state index in [-0.39, 0.29) is 37.4 Å². The van der Waals surface area contributed by atoms with Crippen LogP contribution in [0.5, 0.6) is 5.75 Å². The number of nitrogens with zero attached hydrogens (tertiary/aromatic N) is 2. The van der Waals surface area contributed by atoms with Crippen LogP contribution in [0.4, 0.5) is 0 Å². The molecule has 20 heteroatoms. The van der Waals surface area contributed by atoms with Crippen molar-refractivity contribution in [3.63, 3.8) is 0 Å². The molecule has 0 aromatic heterocycles. The number of hydrogen-bond donors (Lipinski definition) is 8. The van der Waals surface area contributed by atoms with Gasteiger partial charge < -0.3 is 57.1 Å². The van der Waals surface area contributed by atoms with Gasteiger partial charge in [0.25, 0.3) is 0 Å². The third-order valence-corrected chi connectivity index (χ3v) is 12.4. The fourth-order valence-electron chi connectivity index (χ4n) is 7.16. The summed E-state index contributed by atoms with van der Waals surface area (Å²) in [5.41, 5.74) is 6.44. The van der Waals surface area contributed by atoms with Crippen LogP contribution in [-0.4, -0.2) is 129 Å². The van der Waals surface area contributed by atoms with Gasteiger partial charge in [0, 0.05) is 31.5 Å². The topological polar surface area (TPSA) is 296 Å². The number of primary amides is 1. The number of phenolic OH excluding ortho intramolecular Hbond substituents is 1. The van der Waals surface area contributed by atoms with Crippen LogP contribution in [0.15, 0.2) is 36.0 Å². The van der Waals surface area contributed by atoms with Crippen LogP contribution in [0.25, 0.3) is 0 Å². The number of likely N-dealkylation sites (N-methyl/N-ethyl adjacent to an activating group) is 1. The van der Waals surface area contributed by atoms with Gasteiger partial charge in [0.1, 0.15) is 54.3 Å². The lowest BCUT2D eigenvalue weighted by Gasteiger charge is -2.38. The summed E-state index contributed by atoms with van der Waals surface area (Å²) < 4.78 is 5.93. The third kappa shape index (κ3) is 19.5. The molecule has 8 amide bonds. The van der Waals surface area contributed by atoms with Crippen molar-refractivity contribution in [1.29, 1.82) is 0 Å². The largest absolute Gasteiger partial charge is 0.508 e. The van der Waals surface area contributed by atoms with Crippen molar-refractivity contribution in [2.24, 2.45) is 29.4 Å². The van der Waals surface area contributed by atoms with E-state index in [9.17, 15) is 53.4 Å². The number of aliphatic hydroxyl groups excluding tert-OH is 1. The highest BCUT2D eigenvalue weighted by Crippen LogP contribution is 2.22. The SMILES string of the molecule is C/C=C(\C)NC(=O)[C@H](CC(C)C)NC(=O)[C@@H](NC(=O)[C@H](CCC(N)=O)NC(=O)C(C)CC)[C@@H](C)OC(=O)[C@@H](NC(=O)[C@H](Cc1ccc(O)cc1)N(C)C(=O)[C@H](C(C)CC)N(C=O)[C@H](C)O)C(C)CC. The van der Waals surface area contributed by atoms with Gasteiger partial charge in [-0.1, -0.05) is 86.4 Å². The lowest BCUT2D eigenvalue weighted by molar-refractivity contribution is -0.158. The van der Waals surface area contributed by atoms with Crippen molar-refractivity contribution in [2.75, 3.05) is 7.05 Å². The summed E-state index contributed by atoms with van der Waals surface area (Å²) in [6.07, 6.45) is -0.138. The summed E-state index contributed by atoms with van der Waals surface area (Å²) in [6.45, 7) is 20.1. The van der Waals surface area contributed by atoms with Gasteiger partial charge in [0.05, 0.1) is 0 Å². The molecule has 20 nitrogen and oxygen atoms in total. The first-order valence-corrected chi connectivity index (χ1v) is 23.9. The Kier molecular flexibility index (Phi) is 26.3. The molecule has 0 aliphatic carbocycles. The molecule has 0 saturated heterocycles. The molecule has 69 heavy (non-hydrogen) atoms. The van der Waals surface area contributed by atoms with Crippen molar-refractivity contribution in [2.45, 2.75) is 177 Å². The molecule has 0 fully saturated rings. The van der Waals surface area contributed by atoms with Crippen LogP contribution in [0.2, 0.25) is 0 Å². The summed E-state index contributed by atoms with van der Waals surface area (Å²) in [5.74, 6) is -7.90. The van der Waals surface area contributed by atoms with Crippen LogP contribution < -0.4 is 32.3 Å². The summed E-state index contributed by atoms with van der Waals surface area (Å²) in [5, 5.41) is 33.8. The first-order chi connectivity index (χ1) is 32.3. The third-order valence-electron chi connectivity index (χ3n) is 12.4. The molecule has 0 saturated carbocycles. The first-order valence-electron chi connectivity index (χ1n) is 23.9. The number of rotatable bonds is 30. The lowest BCUT2D eigenvalue weighted by atomic mass is 9.94. The number of esters is 1. The monoisotopic (exact) mass is 973 g/mol. The predicted molar refractivity (Wildman–Crippen MR) is 259 cm³/mol. The zero-order chi connectivity index (χ0) is 52.9. The predicted octanol–water partition coefficient (Wildman–Crippen LogP) is 2.29. The molecule has 9 N–H and O–H groups in total. The van der Waals surface area contributed by atoms with E-state index in [1.165, 1.54) is 33.0 Å². The minimum absolute atomic E-state index is 0.0454. The molecule has 3 unspecified atom stereocenters. The van der Waals surface area contributed by atoms with E-state index in [1.807, 2.05) is 13.8 Å². The van der Waals surface area contributed by atoms with E-state index in [0.717, 1.165) is 9.80 Å². The van der Waals surface area contributed by atoms with Crippen molar-refractivity contribution >= 4 is 53.7 Å². The van der Waals surface area contributed by atoms with Crippen molar-refractivity contribution in [1.82, 2.24) is 36.4 Å². The molecule has 388 valence electrons. The highest BCUT2D eigenvalue weighted by molar-refractivity contribution is 5.96. The van der Waals surface area contributed by atoms with Gasteiger partial charge in [-0.3, -0.25) is 38.4 Å². The molecule has 0 aliphatic heterocycles. The lowest BCUT2D eigenvalue weighted by Crippen LogP contribution is -2.61. The number of nitrogens with one attached hydrogen (secondary N) is 5. The van der Waals surface area contributed by atoms with Crippen molar-refractivity contribution in [3.8, 4) is 5.75 Å². The number of nitrogens with two attached hydrogens (primary N) is 1. The zero-order valence-corrected chi connectivity index (χ0v) is 42.8. The fourth-order valence-corrected chi connectivity index (χ4v) is 7.16. The van der Waals surface area contributed by atoms with Gasteiger partial charge in [0.15, 0.2) is 0 Å². The highest BCUT2D eigenvalue weighted by Gasteiger charge is 2.41. The Morgan fingerprint density at radius 2 is 1.32 bits per heavy atom. The summed E-state index contributed by atoms with van der Waals surface area (Å²) in [4.78, 5) is 124. The van der Waals surface area contributed by atoms with E-state index in [1.54, 1.807) is 73.6 Å². The number of aromatic hydroxyl groups is 1. The van der Waals surface area contributed by atoms with E-state index < -0.39 is 114 Å². The Labute approximate surface area is 407 Å². The van der Waals surface area contributed by atoms with Crippen LogP contribution in [0.1, 0.15) is 127 Å². The quantitative estimate of drug-likeness (QED) is 0.0313. The van der Waals surface area contributed by atoms with Crippen LogP contribution >= 0.6 is 0 Å². The van der Waals surface area contributed by atoms with Gasteiger partial charge in [-0.15, -0.1) is 0 Å². The van der Waals surface area contributed by atoms with E-state index in [4.69, 9.17) is 10.5 Å². The Balaban J connectivity index is 3.86. The molecular formula is C49H80N8O12. The molecule has 0 heterocycles. The number of phenols is 1. The Bertz CT molecular complexity index is 1930. The maximum atomic E-state index is 14.6. The van der Waals surface area contributed by atoms with Gasteiger partial charge in [-0.2, -0.15) is 0 Å². The zero-order valence-electron chi connectivity index (χ0n) is 42.8. The average Bonchev–Trinajstić information content (AvgIpc) is 3.30.